The van der Waals surface area contributed by atoms with Crippen molar-refractivity contribution in [2.75, 3.05) is 0 Å². The number of Topliss-reactive ketones (excluding diaryl/α,β-unsaturated/α-hetero) is 1. The number of carbonyl (C=O) groups is 3. The molecule has 0 aromatic rings. The lowest BCUT2D eigenvalue weighted by molar-refractivity contribution is -0.149. The summed E-state index contributed by atoms with van der Waals surface area (Å²) in [5, 5.41) is 8.00. The zero-order chi connectivity index (χ0) is 8.15. The summed E-state index contributed by atoms with van der Waals surface area (Å²) < 4.78 is 3.93. The Morgan fingerprint density at radius 2 is 1.90 bits per heavy atom. The molecule has 1 N–H and O–H groups in total. The van der Waals surface area contributed by atoms with Gasteiger partial charge in [0.25, 0.3) is 5.78 Å². The predicted octanol–water partition coefficient (Wildman–Crippen LogP) is -0.0766. The first-order chi connectivity index (χ1) is 4.57. The molecule has 0 radical (unpaired) electrons. The van der Waals surface area contributed by atoms with Crippen LogP contribution in [-0.2, 0) is 17.4 Å². The number of halogens is 1. The third kappa shape index (κ3) is 3.38. The van der Waals surface area contributed by atoms with Crippen LogP contribution in [0.3, 0.4) is 0 Å². The molecule has 0 bridgehead atoms. The van der Waals surface area contributed by atoms with E-state index in [9.17, 15) is 14.4 Å². The van der Waals surface area contributed by atoms with E-state index in [0.717, 1.165) is 0 Å². The molecular weight excluding hydrogens is 255 g/mol. The van der Waals surface area contributed by atoms with E-state index < -0.39 is 24.1 Å². The van der Waals surface area contributed by atoms with Gasteiger partial charge in [-0.3, -0.25) is 9.59 Å². The summed E-state index contributed by atoms with van der Waals surface area (Å²) in [5.74, 6) is -3.53. The Labute approximate surface area is 70.0 Å². The Morgan fingerprint density at radius 3 is 2.20 bits per heavy atom. The molecule has 0 aromatic heterocycles. The van der Waals surface area contributed by atoms with Gasteiger partial charge in [0.05, 0.1) is 0 Å². The third-order valence-corrected chi connectivity index (χ3v) is 1.01. The molecule has 0 unspecified atom stereocenters. The Bertz CT molecular complexity index is 174. The second kappa shape index (κ2) is 4.20. The van der Waals surface area contributed by atoms with Gasteiger partial charge in [0.2, 0.25) is 0 Å². The molecule has 0 saturated carbocycles. The van der Waals surface area contributed by atoms with Crippen LogP contribution in [0.15, 0.2) is 0 Å². The molecule has 6 heteroatoms. The van der Waals surface area contributed by atoms with Crippen molar-refractivity contribution in [1.29, 1.82) is 0 Å². The van der Waals surface area contributed by atoms with E-state index in [-0.39, 0.29) is 0 Å². The Hall–Kier alpha value is -0.660. The number of carboxylic acid groups (broad SMARTS) is 1. The van der Waals surface area contributed by atoms with Crippen LogP contribution in [0.5, 0.6) is 0 Å². The normalized spacial score (nSPS) is 8.50. The van der Waals surface area contributed by atoms with Gasteiger partial charge in [-0.15, -0.1) is 0 Å². The van der Waals surface area contributed by atoms with Gasteiger partial charge in [0.1, 0.15) is 6.42 Å². The molecule has 0 spiro atoms. The lowest BCUT2D eigenvalue weighted by atomic mass is 10.3. The molecule has 0 rings (SSSR count). The highest BCUT2D eigenvalue weighted by molar-refractivity contribution is 14.1. The van der Waals surface area contributed by atoms with Crippen molar-refractivity contribution in [2.45, 2.75) is 6.42 Å². The molecule has 0 aromatic carbocycles. The van der Waals surface area contributed by atoms with Gasteiger partial charge in [-0.1, -0.05) is 0 Å². The molecule has 0 aliphatic heterocycles. The third-order valence-electron chi connectivity index (χ3n) is 0.610. The first kappa shape index (κ1) is 9.34. The molecule has 56 valence electrons. The number of carboxylic acids is 1. The van der Waals surface area contributed by atoms with Crippen molar-refractivity contribution in [3.8, 4) is 0 Å². The van der Waals surface area contributed by atoms with Crippen LogP contribution < -0.4 is 0 Å². The van der Waals surface area contributed by atoms with E-state index in [1.54, 1.807) is 0 Å². The monoisotopic (exact) mass is 258 g/mol. The molecule has 0 atom stereocenters. The van der Waals surface area contributed by atoms with E-state index in [0.29, 0.717) is 0 Å². The highest BCUT2D eigenvalue weighted by Crippen LogP contribution is 1.92. The molecule has 0 saturated heterocycles. The van der Waals surface area contributed by atoms with E-state index in [1.807, 2.05) is 0 Å². The Morgan fingerprint density at radius 1 is 1.40 bits per heavy atom. The first-order valence-electron chi connectivity index (χ1n) is 2.15. The number of hydrogen-bond donors (Lipinski definition) is 1. The molecule has 5 nitrogen and oxygen atoms in total. The van der Waals surface area contributed by atoms with Crippen molar-refractivity contribution in [1.82, 2.24) is 0 Å². The lowest BCUT2D eigenvalue weighted by Gasteiger charge is -1.90. The first-order valence-corrected chi connectivity index (χ1v) is 3.03. The summed E-state index contributed by atoms with van der Waals surface area (Å²) in [6.07, 6.45) is -0.818. The van der Waals surface area contributed by atoms with Crippen LogP contribution in [0.2, 0.25) is 0 Å². The number of carbonyl (C=O) groups excluding carboxylic acids is 2. The van der Waals surface area contributed by atoms with Crippen LogP contribution >= 0.6 is 23.0 Å². The number of hydrogen-bond acceptors (Lipinski definition) is 4. The SMILES string of the molecule is O=C(O)CC(=O)C(=O)OI. The average Bonchev–Trinajstić information content (AvgIpc) is 1.85. The summed E-state index contributed by atoms with van der Waals surface area (Å²) in [5.41, 5.74) is 0. The second-order valence-corrected chi connectivity index (χ2v) is 1.80. The van der Waals surface area contributed by atoms with Crippen LogP contribution in [0, 0.1) is 0 Å². The quantitative estimate of drug-likeness (QED) is 0.435. The van der Waals surface area contributed by atoms with Crippen LogP contribution in [0.1, 0.15) is 6.42 Å². The van der Waals surface area contributed by atoms with E-state index >= 15 is 0 Å². The molecular formula is C4H3IO5. The highest BCUT2D eigenvalue weighted by atomic mass is 127. The van der Waals surface area contributed by atoms with Crippen molar-refractivity contribution >= 4 is 40.7 Å². The van der Waals surface area contributed by atoms with E-state index in [2.05, 4.69) is 3.07 Å². The van der Waals surface area contributed by atoms with Crippen LogP contribution in [-0.4, -0.2) is 22.8 Å². The fraction of sp³-hybridized carbons (Fsp3) is 0.250. The van der Waals surface area contributed by atoms with Crippen molar-refractivity contribution < 1.29 is 22.6 Å². The molecule has 10 heavy (non-hydrogen) atoms. The van der Waals surface area contributed by atoms with Crippen molar-refractivity contribution in [3.05, 3.63) is 0 Å². The number of rotatable bonds is 3. The molecule has 0 heterocycles. The highest BCUT2D eigenvalue weighted by Gasteiger charge is 2.17. The minimum Gasteiger partial charge on any atom is -0.481 e. The standard InChI is InChI=1S/C4H3IO5/c5-10-4(9)2(6)1-3(7)8/h1H2,(H,7,8). The second-order valence-electron chi connectivity index (χ2n) is 1.36. The zero-order valence-corrected chi connectivity index (χ0v) is 6.82. The van der Waals surface area contributed by atoms with Gasteiger partial charge in [0.15, 0.2) is 23.0 Å². The molecule has 0 fully saturated rings. The molecule has 0 aliphatic carbocycles. The van der Waals surface area contributed by atoms with Gasteiger partial charge in [-0.05, 0) is 0 Å². The van der Waals surface area contributed by atoms with Crippen LogP contribution in [0.4, 0.5) is 0 Å². The van der Waals surface area contributed by atoms with E-state index in [4.69, 9.17) is 5.11 Å². The summed E-state index contributed by atoms with van der Waals surface area (Å²) in [7, 11) is 0. The Kier molecular flexibility index (Phi) is 3.93. The van der Waals surface area contributed by atoms with Gasteiger partial charge in [-0.25, -0.2) is 4.79 Å². The summed E-state index contributed by atoms with van der Waals surface area (Å²) >= 11 is 1.21. The fourth-order valence-electron chi connectivity index (χ4n) is 0.253. The Balaban J connectivity index is 3.86. The maximum Gasteiger partial charge on any atom is 0.384 e. The van der Waals surface area contributed by atoms with Crippen LogP contribution in [0.25, 0.3) is 0 Å². The van der Waals surface area contributed by atoms with Gasteiger partial charge < -0.3 is 8.17 Å². The molecule has 0 amide bonds. The fourth-order valence-corrected chi connectivity index (χ4v) is 0.498. The largest absolute Gasteiger partial charge is 0.481 e. The smallest absolute Gasteiger partial charge is 0.384 e. The van der Waals surface area contributed by atoms with Crippen molar-refractivity contribution in [2.24, 2.45) is 0 Å². The molecule has 0 aliphatic rings. The summed E-state index contributed by atoms with van der Waals surface area (Å²) in [4.78, 5) is 30.3. The maximum atomic E-state index is 10.3. The summed E-state index contributed by atoms with van der Waals surface area (Å²) in [6, 6.07) is 0. The maximum absolute atomic E-state index is 10.3. The average molecular weight is 258 g/mol. The van der Waals surface area contributed by atoms with E-state index in [1.165, 1.54) is 23.0 Å². The predicted molar refractivity (Wildman–Crippen MR) is 37.4 cm³/mol. The summed E-state index contributed by atoms with van der Waals surface area (Å²) in [6.45, 7) is 0. The van der Waals surface area contributed by atoms with Gasteiger partial charge in [-0.2, -0.15) is 0 Å². The minimum atomic E-state index is -1.34. The zero-order valence-electron chi connectivity index (χ0n) is 4.67. The van der Waals surface area contributed by atoms with Gasteiger partial charge in [0, 0.05) is 0 Å². The minimum absolute atomic E-state index is 0.818. The lowest BCUT2D eigenvalue weighted by Crippen LogP contribution is -2.17. The number of ketones is 1. The van der Waals surface area contributed by atoms with Crippen molar-refractivity contribution in [3.63, 3.8) is 0 Å². The topological polar surface area (TPSA) is 80.7 Å². The van der Waals surface area contributed by atoms with Gasteiger partial charge >= 0.3 is 11.9 Å². The number of aliphatic carboxylic acids is 1.